The second-order valence-corrected chi connectivity index (χ2v) is 5.22. The summed E-state index contributed by atoms with van der Waals surface area (Å²) in [6.07, 6.45) is 0. The molecule has 0 aliphatic carbocycles. The van der Waals surface area contributed by atoms with Gasteiger partial charge in [-0.3, -0.25) is 4.68 Å². The van der Waals surface area contributed by atoms with Gasteiger partial charge in [-0.15, -0.1) is 11.3 Å². The summed E-state index contributed by atoms with van der Waals surface area (Å²) < 4.78 is 2.06. The van der Waals surface area contributed by atoms with Crippen molar-refractivity contribution in [1.82, 2.24) is 15.1 Å². The summed E-state index contributed by atoms with van der Waals surface area (Å²) in [6, 6.07) is 4.32. The van der Waals surface area contributed by atoms with Crippen LogP contribution in [-0.2, 0) is 19.6 Å². The van der Waals surface area contributed by atoms with Crippen LogP contribution in [0.5, 0.6) is 0 Å². The Morgan fingerprint density at radius 1 is 1.35 bits per heavy atom. The molecule has 92 valence electrons. The van der Waals surface area contributed by atoms with Gasteiger partial charge in [0.25, 0.3) is 0 Å². The first-order valence-electron chi connectivity index (χ1n) is 5.97. The lowest BCUT2D eigenvalue weighted by atomic mass is 10.3. The number of nitrogens with one attached hydrogen (secondary N) is 1. The number of thiophene rings is 1. The first-order chi connectivity index (χ1) is 8.20. The van der Waals surface area contributed by atoms with Gasteiger partial charge in [0.15, 0.2) is 0 Å². The van der Waals surface area contributed by atoms with E-state index in [0.717, 1.165) is 25.3 Å². The maximum absolute atomic E-state index is 4.44. The van der Waals surface area contributed by atoms with Gasteiger partial charge in [0.1, 0.15) is 0 Å². The van der Waals surface area contributed by atoms with Crippen LogP contribution in [0.4, 0.5) is 0 Å². The van der Waals surface area contributed by atoms with Crippen LogP contribution in [0, 0.1) is 13.8 Å². The third kappa shape index (κ3) is 2.96. The molecule has 2 aromatic rings. The molecular formula is C13H19N3S. The van der Waals surface area contributed by atoms with Crippen LogP contribution in [0.25, 0.3) is 0 Å². The molecule has 0 aliphatic rings. The van der Waals surface area contributed by atoms with Crippen molar-refractivity contribution in [3.05, 3.63) is 39.3 Å². The van der Waals surface area contributed by atoms with E-state index in [1.165, 1.54) is 16.1 Å². The molecule has 0 atom stereocenters. The van der Waals surface area contributed by atoms with Gasteiger partial charge in [0.05, 0.1) is 11.4 Å². The van der Waals surface area contributed by atoms with Crippen LogP contribution in [0.2, 0.25) is 0 Å². The normalized spacial score (nSPS) is 11.0. The summed E-state index contributed by atoms with van der Waals surface area (Å²) in [6.45, 7) is 9.08. The van der Waals surface area contributed by atoms with Gasteiger partial charge >= 0.3 is 0 Å². The molecule has 0 spiro atoms. The molecule has 0 fully saturated rings. The Morgan fingerprint density at radius 2 is 2.18 bits per heavy atom. The summed E-state index contributed by atoms with van der Waals surface area (Å²) in [5.74, 6) is 0. The molecule has 0 amide bonds. The smallest absolute Gasteiger partial charge is 0.0597 e. The van der Waals surface area contributed by atoms with E-state index in [-0.39, 0.29) is 0 Å². The Kier molecular flexibility index (Phi) is 3.97. The van der Waals surface area contributed by atoms with Gasteiger partial charge in [-0.1, -0.05) is 0 Å². The van der Waals surface area contributed by atoms with E-state index < -0.39 is 0 Å². The van der Waals surface area contributed by atoms with E-state index >= 15 is 0 Å². The Morgan fingerprint density at radius 3 is 2.82 bits per heavy atom. The summed E-state index contributed by atoms with van der Waals surface area (Å²) in [4.78, 5) is 1.42. The van der Waals surface area contributed by atoms with Crippen molar-refractivity contribution >= 4 is 11.3 Å². The maximum Gasteiger partial charge on any atom is 0.0597 e. The van der Waals surface area contributed by atoms with Crippen molar-refractivity contribution in [2.75, 3.05) is 0 Å². The lowest BCUT2D eigenvalue weighted by Gasteiger charge is -2.06. The first kappa shape index (κ1) is 12.3. The summed E-state index contributed by atoms with van der Waals surface area (Å²) in [5.41, 5.74) is 3.73. The maximum atomic E-state index is 4.44. The number of hydrogen-bond donors (Lipinski definition) is 1. The molecule has 0 radical (unpaired) electrons. The zero-order valence-corrected chi connectivity index (χ0v) is 11.5. The van der Waals surface area contributed by atoms with Gasteiger partial charge in [-0.25, -0.2) is 0 Å². The van der Waals surface area contributed by atoms with Gasteiger partial charge in [-0.05, 0) is 43.8 Å². The highest BCUT2D eigenvalue weighted by Crippen LogP contribution is 2.15. The van der Waals surface area contributed by atoms with E-state index in [1.807, 2.05) is 18.3 Å². The number of nitrogens with zero attached hydrogens (tertiary/aromatic N) is 2. The number of hydrogen-bond acceptors (Lipinski definition) is 3. The lowest BCUT2D eigenvalue weighted by molar-refractivity contribution is 0.580. The first-order valence-corrected chi connectivity index (χ1v) is 6.85. The Bertz CT molecular complexity index is 485. The minimum absolute atomic E-state index is 0.881. The average molecular weight is 249 g/mol. The zero-order valence-electron chi connectivity index (χ0n) is 10.7. The Labute approximate surface area is 106 Å². The fraction of sp³-hybridized carbons (Fsp3) is 0.462. The molecule has 0 aromatic carbocycles. The van der Waals surface area contributed by atoms with Crippen LogP contribution >= 0.6 is 11.3 Å². The van der Waals surface area contributed by atoms with E-state index in [0.29, 0.717) is 0 Å². The quantitative estimate of drug-likeness (QED) is 0.883. The molecule has 1 N–H and O–H groups in total. The van der Waals surface area contributed by atoms with Crippen LogP contribution < -0.4 is 5.32 Å². The topological polar surface area (TPSA) is 29.9 Å². The largest absolute Gasteiger partial charge is 0.306 e. The predicted octanol–water partition coefficient (Wildman–Crippen LogP) is 2.87. The Hall–Kier alpha value is -1.13. The highest BCUT2D eigenvalue weighted by atomic mass is 32.1. The molecule has 2 heterocycles. The second-order valence-electron chi connectivity index (χ2n) is 4.22. The summed E-state index contributed by atoms with van der Waals surface area (Å²) >= 11 is 1.81. The van der Waals surface area contributed by atoms with Crippen molar-refractivity contribution in [3.8, 4) is 0 Å². The van der Waals surface area contributed by atoms with Gasteiger partial charge in [0, 0.05) is 24.5 Å². The standard InChI is InChI=1S/C13H19N3S/c1-4-16-12(7-11(3)15-16)8-14-9-13-10(2)5-6-17-13/h5-7,14H,4,8-9H2,1-3H3. The van der Waals surface area contributed by atoms with E-state index in [9.17, 15) is 0 Å². The zero-order chi connectivity index (χ0) is 12.3. The minimum atomic E-state index is 0.881. The van der Waals surface area contributed by atoms with E-state index in [2.05, 4.69) is 46.5 Å². The van der Waals surface area contributed by atoms with Crippen molar-refractivity contribution < 1.29 is 0 Å². The number of aryl methyl sites for hydroxylation is 3. The number of rotatable bonds is 5. The van der Waals surface area contributed by atoms with Gasteiger partial charge < -0.3 is 5.32 Å². The molecule has 0 unspecified atom stereocenters. The number of aromatic nitrogens is 2. The molecule has 0 aliphatic heterocycles. The Balaban J connectivity index is 1.92. The second kappa shape index (κ2) is 5.47. The highest BCUT2D eigenvalue weighted by molar-refractivity contribution is 7.10. The molecule has 0 saturated heterocycles. The van der Waals surface area contributed by atoms with Crippen LogP contribution in [-0.4, -0.2) is 9.78 Å². The lowest BCUT2D eigenvalue weighted by Crippen LogP contribution is -2.15. The molecule has 2 rings (SSSR count). The third-order valence-electron chi connectivity index (χ3n) is 2.84. The van der Waals surface area contributed by atoms with Crippen molar-refractivity contribution in [3.63, 3.8) is 0 Å². The van der Waals surface area contributed by atoms with Crippen molar-refractivity contribution in [2.45, 2.75) is 40.4 Å². The van der Waals surface area contributed by atoms with Gasteiger partial charge in [-0.2, -0.15) is 5.10 Å². The van der Waals surface area contributed by atoms with Crippen molar-refractivity contribution in [2.24, 2.45) is 0 Å². The average Bonchev–Trinajstić information content (AvgIpc) is 2.86. The molecule has 4 heteroatoms. The monoisotopic (exact) mass is 249 g/mol. The van der Waals surface area contributed by atoms with Crippen LogP contribution in [0.1, 0.15) is 28.8 Å². The molecular weight excluding hydrogens is 230 g/mol. The molecule has 0 saturated carbocycles. The molecule has 17 heavy (non-hydrogen) atoms. The third-order valence-corrected chi connectivity index (χ3v) is 3.87. The van der Waals surface area contributed by atoms with E-state index in [4.69, 9.17) is 0 Å². The molecule has 0 bridgehead atoms. The SMILES string of the molecule is CCn1nc(C)cc1CNCc1sccc1C. The van der Waals surface area contributed by atoms with Crippen LogP contribution in [0.3, 0.4) is 0 Å². The predicted molar refractivity (Wildman–Crippen MR) is 72.2 cm³/mol. The van der Waals surface area contributed by atoms with Crippen molar-refractivity contribution in [1.29, 1.82) is 0 Å². The van der Waals surface area contributed by atoms with Gasteiger partial charge in [0.2, 0.25) is 0 Å². The summed E-state index contributed by atoms with van der Waals surface area (Å²) in [5, 5.41) is 10.1. The van der Waals surface area contributed by atoms with Crippen LogP contribution in [0.15, 0.2) is 17.5 Å². The molecule has 3 nitrogen and oxygen atoms in total. The summed E-state index contributed by atoms with van der Waals surface area (Å²) in [7, 11) is 0. The minimum Gasteiger partial charge on any atom is -0.306 e. The molecule has 2 aromatic heterocycles. The van der Waals surface area contributed by atoms with E-state index in [1.54, 1.807) is 0 Å². The fourth-order valence-corrected chi connectivity index (χ4v) is 2.78. The highest BCUT2D eigenvalue weighted by Gasteiger charge is 2.04. The fourth-order valence-electron chi connectivity index (χ4n) is 1.90.